The van der Waals surface area contributed by atoms with Gasteiger partial charge < -0.3 is 30.2 Å². The molecule has 0 aliphatic rings. The van der Waals surface area contributed by atoms with Crippen LogP contribution in [0.2, 0.25) is 5.28 Å². The summed E-state index contributed by atoms with van der Waals surface area (Å²) >= 11 is 6.39. The Hall–Kier alpha value is -6.20. The van der Waals surface area contributed by atoms with E-state index >= 15 is 0 Å². The number of carbonyl (C=O) groups excluding carboxylic acids is 1. The highest BCUT2D eigenvalue weighted by Crippen LogP contribution is 2.36. The molecule has 0 bridgehead atoms. The largest absolute Gasteiger partial charge is 0.497 e. The number of ether oxygens (including phenoxy) is 3. The lowest BCUT2D eigenvalue weighted by molar-refractivity contribution is -0.123. The molecule has 12 heteroatoms. The number of hydrogen-bond donors (Lipinski definition) is 3. The Kier molecular flexibility index (Phi) is 12.4. The first kappa shape index (κ1) is 38.5. The number of halogens is 2. The molecule has 55 heavy (non-hydrogen) atoms. The Labute approximate surface area is 325 Å². The molecule has 1 aromatic heterocycles. The minimum atomic E-state index is -0.538. The SMILES string of the molecule is COc1ccc(C(Nc2nc(Cl)nc(NC(C)c3ccc(F)cc3)n2)c2ccc(OCC(=O)NC(c3ccc(C)cc3)c3ccc(C)cc3)cc2)c(OC)c1. The molecule has 6 rings (SSSR count). The van der Waals surface area contributed by atoms with Crippen molar-refractivity contribution in [3.05, 3.63) is 165 Å². The minimum Gasteiger partial charge on any atom is -0.497 e. The molecule has 282 valence electrons. The van der Waals surface area contributed by atoms with Crippen LogP contribution in [0.15, 0.2) is 115 Å². The van der Waals surface area contributed by atoms with E-state index in [0.29, 0.717) is 17.2 Å². The molecule has 0 saturated heterocycles. The van der Waals surface area contributed by atoms with E-state index in [1.54, 1.807) is 44.6 Å². The molecule has 5 aromatic carbocycles. The highest BCUT2D eigenvalue weighted by molar-refractivity contribution is 6.28. The zero-order valence-corrected chi connectivity index (χ0v) is 31.9. The number of anilines is 2. The van der Waals surface area contributed by atoms with E-state index in [-0.39, 0.29) is 47.6 Å². The number of aryl methyl sites for hydroxylation is 2. The zero-order valence-electron chi connectivity index (χ0n) is 31.1. The maximum absolute atomic E-state index is 13.5. The van der Waals surface area contributed by atoms with Crippen LogP contribution in [0.25, 0.3) is 0 Å². The molecule has 6 aromatic rings. The van der Waals surface area contributed by atoms with Gasteiger partial charge in [-0.25, -0.2) is 4.39 Å². The lowest BCUT2D eigenvalue weighted by Crippen LogP contribution is -2.33. The van der Waals surface area contributed by atoms with Gasteiger partial charge in [-0.1, -0.05) is 83.9 Å². The molecular weight excluding hydrogens is 719 g/mol. The predicted octanol–water partition coefficient (Wildman–Crippen LogP) is 8.96. The molecule has 3 N–H and O–H groups in total. The molecule has 2 unspecified atom stereocenters. The van der Waals surface area contributed by atoms with E-state index in [1.807, 2.05) is 93.6 Å². The summed E-state index contributed by atoms with van der Waals surface area (Å²) in [5, 5.41) is 9.72. The average molecular weight is 761 g/mol. The third-order valence-electron chi connectivity index (χ3n) is 9.06. The number of benzene rings is 5. The first-order chi connectivity index (χ1) is 26.6. The zero-order chi connectivity index (χ0) is 38.9. The Bertz CT molecular complexity index is 2160. The van der Waals surface area contributed by atoms with Gasteiger partial charge in [0.05, 0.1) is 32.3 Å². The number of methoxy groups -OCH3 is 2. The lowest BCUT2D eigenvalue weighted by Gasteiger charge is -2.23. The summed E-state index contributed by atoms with van der Waals surface area (Å²) in [6.07, 6.45) is 0. The summed E-state index contributed by atoms with van der Waals surface area (Å²) in [5.41, 5.74) is 6.64. The van der Waals surface area contributed by atoms with Crippen molar-refractivity contribution in [2.24, 2.45) is 0 Å². The van der Waals surface area contributed by atoms with E-state index in [9.17, 15) is 9.18 Å². The maximum atomic E-state index is 13.5. The molecule has 0 fully saturated rings. The number of hydrogen-bond acceptors (Lipinski definition) is 9. The number of nitrogens with zero attached hydrogens (tertiary/aromatic N) is 3. The fraction of sp³-hybridized carbons (Fsp3) is 0.209. The van der Waals surface area contributed by atoms with E-state index in [2.05, 4.69) is 30.9 Å². The van der Waals surface area contributed by atoms with Crippen LogP contribution in [0, 0.1) is 19.7 Å². The lowest BCUT2D eigenvalue weighted by atomic mass is 9.97. The molecular formula is C43H42ClFN6O4. The molecule has 1 heterocycles. The van der Waals surface area contributed by atoms with Crippen LogP contribution < -0.4 is 30.2 Å². The van der Waals surface area contributed by atoms with Crippen LogP contribution in [0.4, 0.5) is 16.3 Å². The summed E-state index contributed by atoms with van der Waals surface area (Å²) in [7, 11) is 3.17. The molecule has 0 spiro atoms. The van der Waals surface area contributed by atoms with Crippen LogP contribution in [0.1, 0.15) is 64.0 Å². The van der Waals surface area contributed by atoms with Gasteiger partial charge >= 0.3 is 0 Å². The number of carbonyl (C=O) groups is 1. The van der Waals surface area contributed by atoms with Gasteiger partial charge in [0.15, 0.2) is 6.61 Å². The Morgan fingerprint density at radius 1 is 0.673 bits per heavy atom. The second-order valence-electron chi connectivity index (χ2n) is 13.0. The summed E-state index contributed by atoms with van der Waals surface area (Å²) in [4.78, 5) is 26.5. The van der Waals surface area contributed by atoms with E-state index in [1.165, 1.54) is 12.1 Å². The quantitative estimate of drug-likeness (QED) is 0.0943. The van der Waals surface area contributed by atoms with Gasteiger partial charge in [0.25, 0.3) is 5.91 Å². The maximum Gasteiger partial charge on any atom is 0.258 e. The Morgan fingerprint density at radius 2 is 1.20 bits per heavy atom. The number of aromatic nitrogens is 3. The van der Waals surface area contributed by atoms with Crippen LogP contribution in [-0.2, 0) is 4.79 Å². The Balaban J connectivity index is 1.21. The molecule has 0 aliphatic heterocycles. The molecule has 0 aliphatic carbocycles. The molecule has 2 atom stereocenters. The smallest absolute Gasteiger partial charge is 0.258 e. The van der Waals surface area contributed by atoms with Gasteiger partial charge in [0.2, 0.25) is 17.2 Å². The van der Waals surface area contributed by atoms with Crippen molar-refractivity contribution in [2.45, 2.75) is 38.9 Å². The highest BCUT2D eigenvalue weighted by Gasteiger charge is 2.22. The third-order valence-corrected chi connectivity index (χ3v) is 9.23. The summed E-state index contributed by atoms with van der Waals surface area (Å²) in [5.74, 6) is 1.54. The highest BCUT2D eigenvalue weighted by atomic mass is 35.5. The van der Waals surface area contributed by atoms with Crippen LogP contribution >= 0.6 is 11.6 Å². The average Bonchev–Trinajstić information content (AvgIpc) is 3.19. The summed E-state index contributed by atoms with van der Waals surface area (Å²) in [6.45, 7) is 5.79. The van der Waals surface area contributed by atoms with Crippen molar-refractivity contribution in [3.63, 3.8) is 0 Å². The fourth-order valence-electron chi connectivity index (χ4n) is 6.02. The molecule has 1 amide bonds. The topological polar surface area (TPSA) is 120 Å². The molecule has 10 nitrogen and oxygen atoms in total. The second kappa shape index (κ2) is 17.7. The van der Waals surface area contributed by atoms with Crippen molar-refractivity contribution in [3.8, 4) is 17.2 Å². The predicted molar refractivity (Wildman–Crippen MR) is 213 cm³/mol. The van der Waals surface area contributed by atoms with E-state index in [4.69, 9.17) is 25.8 Å². The normalized spacial score (nSPS) is 12.1. The van der Waals surface area contributed by atoms with Crippen molar-refractivity contribution >= 4 is 29.4 Å². The van der Waals surface area contributed by atoms with Gasteiger partial charge in [0, 0.05) is 11.6 Å². The molecule has 0 radical (unpaired) electrons. The van der Waals surface area contributed by atoms with E-state index in [0.717, 1.165) is 38.9 Å². The summed E-state index contributed by atoms with van der Waals surface area (Å²) < 4.78 is 30.7. The van der Waals surface area contributed by atoms with Gasteiger partial charge in [0.1, 0.15) is 23.1 Å². The Morgan fingerprint density at radius 3 is 1.78 bits per heavy atom. The van der Waals surface area contributed by atoms with Crippen LogP contribution in [-0.4, -0.2) is 41.7 Å². The number of amides is 1. The fourth-order valence-corrected chi connectivity index (χ4v) is 6.18. The van der Waals surface area contributed by atoms with Gasteiger partial charge in [-0.15, -0.1) is 0 Å². The van der Waals surface area contributed by atoms with Crippen molar-refractivity contribution in [1.82, 2.24) is 20.3 Å². The van der Waals surface area contributed by atoms with E-state index < -0.39 is 6.04 Å². The minimum absolute atomic E-state index is 0.0271. The first-order valence-corrected chi connectivity index (χ1v) is 18.0. The number of nitrogens with one attached hydrogen (secondary N) is 3. The van der Waals surface area contributed by atoms with Crippen molar-refractivity contribution in [1.29, 1.82) is 0 Å². The second-order valence-corrected chi connectivity index (χ2v) is 13.4. The van der Waals surface area contributed by atoms with Crippen LogP contribution in [0.5, 0.6) is 17.2 Å². The third kappa shape index (κ3) is 10.1. The van der Waals surface area contributed by atoms with Gasteiger partial charge in [-0.3, -0.25) is 4.79 Å². The van der Waals surface area contributed by atoms with Crippen molar-refractivity contribution < 1.29 is 23.4 Å². The van der Waals surface area contributed by atoms with Crippen LogP contribution in [0.3, 0.4) is 0 Å². The number of rotatable bonds is 15. The first-order valence-electron chi connectivity index (χ1n) is 17.7. The van der Waals surface area contributed by atoms with Crippen molar-refractivity contribution in [2.75, 3.05) is 31.5 Å². The molecule has 0 saturated carbocycles. The standard InChI is InChI=1S/C43H42ClFN6O4/c1-26-6-10-30(11-7-26)39(31-12-8-27(2)9-13-31)47-38(52)25-55-34-20-16-32(17-21-34)40(36-23-22-35(53-4)24-37(36)54-5)48-43-50-41(44)49-42(51-43)46-28(3)29-14-18-33(45)19-15-29/h6-24,28,39-40H,25H2,1-5H3,(H,47,52)(H2,46,48,49,50,51). The van der Waals surface area contributed by atoms with Gasteiger partial charge in [-0.05, 0) is 91.0 Å². The monoisotopic (exact) mass is 760 g/mol. The van der Waals surface area contributed by atoms with Gasteiger partial charge in [-0.2, -0.15) is 15.0 Å². The summed E-state index contributed by atoms with van der Waals surface area (Å²) in [6, 6.07) is 34.2.